The van der Waals surface area contributed by atoms with E-state index < -0.39 is 11.9 Å². The van der Waals surface area contributed by atoms with E-state index >= 15 is 0 Å². The number of carbonyl (C=O) groups is 2. The number of amides is 2. The van der Waals surface area contributed by atoms with E-state index in [2.05, 4.69) is 5.32 Å². The second-order valence-corrected chi connectivity index (χ2v) is 4.51. The van der Waals surface area contributed by atoms with Crippen molar-refractivity contribution >= 4 is 11.8 Å². The lowest BCUT2D eigenvalue weighted by Crippen LogP contribution is -2.46. The summed E-state index contributed by atoms with van der Waals surface area (Å²) >= 11 is 0. The van der Waals surface area contributed by atoms with E-state index in [0.29, 0.717) is 12.3 Å². The van der Waals surface area contributed by atoms with Crippen LogP contribution in [0.5, 0.6) is 0 Å². The molecule has 16 heavy (non-hydrogen) atoms. The largest absolute Gasteiger partial charge is 0.369 e. The van der Waals surface area contributed by atoms with Crippen LogP contribution in [0.2, 0.25) is 0 Å². The molecule has 0 spiro atoms. The van der Waals surface area contributed by atoms with Gasteiger partial charge >= 0.3 is 0 Å². The Balaban J connectivity index is 4.08. The number of hydrogen-bond donors (Lipinski definition) is 2. The van der Waals surface area contributed by atoms with E-state index in [1.54, 1.807) is 0 Å². The van der Waals surface area contributed by atoms with Crippen LogP contribution in [0.25, 0.3) is 0 Å². The van der Waals surface area contributed by atoms with Crippen LogP contribution in [0.15, 0.2) is 0 Å². The third-order valence-electron chi connectivity index (χ3n) is 1.93. The SMILES string of the molecule is CC(C)C[C@H](NC(=O)COC(C)C)C(N)=O. The standard InChI is InChI=1S/C11H22N2O3/c1-7(2)5-9(11(12)15)13-10(14)6-16-8(3)4/h7-9H,5-6H2,1-4H3,(H2,12,15)(H,13,14)/t9-/m0/s1. The maximum absolute atomic E-state index is 11.4. The second-order valence-electron chi connectivity index (χ2n) is 4.51. The molecule has 2 amide bonds. The van der Waals surface area contributed by atoms with E-state index in [4.69, 9.17) is 10.5 Å². The van der Waals surface area contributed by atoms with Gasteiger partial charge in [-0.3, -0.25) is 9.59 Å². The molecule has 0 fully saturated rings. The van der Waals surface area contributed by atoms with Crippen LogP contribution >= 0.6 is 0 Å². The van der Waals surface area contributed by atoms with Crippen LogP contribution in [-0.2, 0) is 14.3 Å². The van der Waals surface area contributed by atoms with Crippen molar-refractivity contribution < 1.29 is 14.3 Å². The average molecular weight is 230 g/mol. The summed E-state index contributed by atoms with van der Waals surface area (Å²) in [5.41, 5.74) is 5.19. The van der Waals surface area contributed by atoms with Gasteiger partial charge in [-0.25, -0.2) is 0 Å². The van der Waals surface area contributed by atoms with Gasteiger partial charge in [-0.15, -0.1) is 0 Å². The van der Waals surface area contributed by atoms with Crippen LogP contribution in [0.3, 0.4) is 0 Å². The highest BCUT2D eigenvalue weighted by molar-refractivity contribution is 5.86. The fraction of sp³-hybridized carbons (Fsp3) is 0.818. The first-order chi connectivity index (χ1) is 7.32. The molecular formula is C11H22N2O3. The molecule has 0 aromatic carbocycles. The Labute approximate surface area is 96.7 Å². The number of primary amides is 1. The summed E-state index contributed by atoms with van der Waals surface area (Å²) < 4.78 is 5.13. The van der Waals surface area contributed by atoms with Crippen LogP contribution in [0.1, 0.15) is 34.1 Å². The van der Waals surface area contributed by atoms with Crippen molar-refractivity contribution in [3.63, 3.8) is 0 Å². The van der Waals surface area contributed by atoms with Crippen molar-refractivity contribution in [3.05, 3.63) is 0 Å². The van der Waals surface area contributed by atoms with Gasteiger partial charge in [0.05, 0.1) is 6.10 Å². The lowest BCUT2D eigenvalue weighted by Gasteiger charge is -2.17. The number of nitrogens with two attached hydrogens (primary N) is 1. The third-order valence-corrected chi connectivity index (χ3v) is 1.93. The predicted molar refractivity (Wildman–Crippen MR) is 61.7 cm³/mol. The molecule has 1 atom stereocenters. The summed E-state index contributed by atoms with van der Waals surface area (Å²) in [6, 6.07) is -0.608. The zero-order chi connectivity index (χ0) is 12.7. The molecule has 0 aliphatic heterocycles. The Bertz CT molecular complexity index is 239. The third kappa shape index (κ3) is 7.23. The molecule has 0 heterocycles. The molecule has 0 unspecified atom stereocenters. The maximum atomic E-state index is 11.4. The van der Waals surface area contributed by atoms with E-state index in [1.165, 1.54) is 0 Å². The van der Waals surface area contributed by atoms with Gasteiger partial charge in [-0.1, -0.05) is 13.8 Å². The van der Waals surface area contributed by atoms with Crippen molar-refractivity contribution in [2.45, 2.75) is 46.3 Å². The van der Waals surface area contributed by atoms with Gasteiger partial charge < -0.3 is 15.8 Å². The Morgan fingerprint density at radius 2 is 1.81 bits per heavy atom. The molecular weight excluding hydrogens is 208 g/mol. The van der Waals surface area contributed by atoms with Gasteiger partial charge in [-0.05, 0) is 26.2 Å². The van der Waals surface area contributed by atoms with Crippen molar-refractivity contribution in [2.75, 3.05) is 6.61 Å². The highest BCUT2D eigenvalue weighted by atomic mass is 16.5. The monoisotopic (exact) mass is 230 g/mol. The molecule has 5 heteroatoms. The van der Waals surface area contributed by atoms with Crippen molar-refractivity contribution in [1.82, 2.24) is 5.32 Å². The van der Waals surface area contributed by atoms with Crippen molar-refractivity contribution in [1.29, 1.82) is 0 Å². The zero-order valence-corrected chi connectivity index (χ0v) is 10.4. The van der Waals surface area contributed by atoms with E-state index in [0.717, 1.165) is 0 Å². The quantitative estimate of drug-likeness (QED) is 0.665. The van der Waals surface area contributed by atoms with Crippen LogP contribution in [0.4, 0.5) is 0 Å². The average Bonchev–Trinajstić information content (AvgIpc) is 2.12. The van der Waals surface area contributed by atoms with Gasteiger partial charge in [0.1, 0.15) is 12.6 Å². The van der Waals surface area contributed by atoms with Crippen LogP contribution in [-0.4, -0.2) is 30.6 Å². The van der Waals surface area contributed by atoms with E-state index in [-0.39, 0.29) is 18.6 Å². The summed E-state index contributed by atoms with van der Waals surface area (Å²) in [5, 5.41) is 2.56. The number of nitrogens with one attached hydrogen (secondary N) is 1. The molecule has 3 N–H and O–H groups in total. The summed E-state index contributed by atoms with van der Waals surface area (Å²) in [7, 11) is 0. The summed E-state index contributed by atoms with van der Waals surface area (Å²) in [5.74, 6) is -0.520. The molecule has 0 aromatic rings. The van der Waals surface area contributed by atoms with Crippen molar-refractivity contribution in [2.24, 2.45) is 11.7 Å². The first-order valence-corrected chi connectivity index (χ1v) is 5.53. The fourth-order valence-corrected chi connectivity index (χ4v) is 1.20. The molecule has 0 aromatic heterocycles. The fourth-order valence-electron chi connectivity index (χ4n) is 1.20. The first kappa shape index (κ1) is 14.9. The Kier molecular flexibility index (Phi) is 6.72. The van der Waals surface area contributed by atoms with Gasteiger partial charge in [-0.2, -0.15) is 0 Å². The molecule has 0 saturated heterocycles. The molecule has 0 radical (unpaired) electrons. The molecule has 0 saturated carbocycles. The normalized spacial score (nSPS) is 12.9. The highest BCUT2D eigenvalue weighted by Crippen LogP contribution is 2.04. The molecule has 0 aliphatic rings. The smallest absolute Gasteiger partial charge is 0.246 e. The number of rotatable bonds is 7. The van der Waals surface area contributed by atoms with Gasteiger partial charge in [0, 0.05) is 0 Å². The number of ether oxygens (including phenoxy) is 1. The predicted octanol–water partition coefficient (Wildman–Crippen LogP) is 0.428. The van der Waals surface area contributed by atoms with Gasteiger partial charge in [0.2, 0.25) is 11.8 Å². The number of carbonyl (C=O) groups excluding carboxylic acids is 2. The zero-order valence-electron chi connectivity index (χ0n) is 10.4. The summed E-state index contributed by atoms with van der Waals surface area (Å²) in [6.07, 6.45) is 0.533. The van der Waals surface area contributed by atoms with E-state index in [9.17, 15) is 9.59 Å². The molecule has 0 aliphatic carbocycles. The Morgan fingerprint density at radius 1 is 1.25 bits per heavy atom. The Hall–Kier alpha value is -1.10. The Morgan fingerprint density at radius 3 is 2.19 bits per heavy atom. The van der Waals surface area contributed by atoms with Crippen molar-refractivity contribution in [3.8, 4) is 0 Å². The van der Waals surface area contributed by atoms with Crippen LogP contribution < -0.4 is 11.1 Å². The second kappa shape index (κ2) is 7.22. The summed E-state index contributed by atoms with van der Waals surface area (Å²) in [4.78, 5) is 22.5. The highest BCUT2D eigenvalue weighted by Gasteiger charge is 2.19. The number of hydrogen-bond acceptors (Lipinski definition) is 3. The topological polar surface area (TPSA) is 81.4 Å². The minimum Gasteiger partial charge on any atom is -0.369 e. The maximum Gasteiger partial charge on any atom is 0.246 e. The molecule has 94 valence electrons. The van der Waals surface area contributed by atoms with E-state index in [1.807, 2.05) is 27.7 Å². The van der Waals surface area contributed by atoms with Crippen LogP contribution in [0, 0.1) is 5.92 Å². The minimum absolute atomic E-state index is 0.0112. The first-order valence-electron chi connectivity index (χ1n) is 5.53. The lowest BCUT2D eigenvalue weighted by atomic mass is 10.0. The van der Waals surface area contributed by atoms with Gasteiger partial charge in [0.25, 0.3) is 0 Å². The summed E-state index contributed by atoms with van der Waals surface area (Å²) in [6.45, 7) is 7.57. The minimum atomic E-state index is -0.608. The lowest BCUT2D eigenvalue weighted by molar-refractivity contribution is -0.131. The molecule has 0 bridgehead atoms. The van der Waals surface area contributed by atoms with Gasteiger partial charge in [0.15, 0.2) is 0 Å². The molecule has 0 rings (SSSR count). The molecule has 5 nitrogen and oxygen atoms in total.